The van der Waals surface area contributed by atoms with E-state index in [1.165, 1.54) is 0 Å². The van der Waals surface area contributed by atoms with Crippen molar-refractivity contribution in [2.24, 2.45) is 5.41 Å². The van der Waals surface area contributed by atoms with E-state index in [0.717, 1.165) is 25.7 Å². The molecular weight excluding hydrogens is 164 g/mol. The summed E-state index contributed by atoms with van der Waals surface area (Å²) in [4.78, 5) is 0. The average molecular weight is 182 g/mol. The zero-order valence-electron chi connectivity index (χ0n) is 8.21. The van der Waals surface area contributed by atoms with Gasteiger partial charge in [-0.15, -0.1) is 0 Å². The van der Waals surface area contributed by atoms with Crippen molar-refractivity contribution in [3.63, 3.8) is 0 Å². The third kappa shape index (κ3) is 2.68. The van der Waals surface area contributed by atoms with E-state index >= 15 is 0 Å². The fourth-order valence-electron chi connectivity index (χ4n) is 2.17. The summed E-state index contributed by atoms with van der Waals surface area (Å²) >= 11 is 0. The van der Waals surface area contributed by atoms with Crippen LogP contribution in [0, 0.1) is 16.7 Å². The number of nitrogens with one attached hydrogen (secondary N) is 1. The number of hydrogen-bond donors (Lipinski definition) is 2. The van der Waals surface area contributed by atoms with Crippen LogP contribution in [0.4, 0.5) is 0 Å². The molecule has 1 atom stereocenters. The van der Waals surface area contributed by atoms with Gasteiger partial charge in [-0.2, -0.15) is 5.26 Å². The zero-order chi connectivity index (χ0) is 9.73. The first kappa shape index (κ1) is 10.5. The molecule has 2 N–H and O–H groups in total. The highest BCUT2D eigenvalue weighted by Crippen LogP contribution is 2.41. The lowest BCUT2D eigenvalue weighted by Gasteiger charge is -2.23. The van der Waals surface area contributed by atoms with Crippen LogP contribution in [-0.4, -0.2) is 24.8 Å². The normalized spacial score (nSPS) is 22.5. The summed E-state index contributed by atoms with van der Waals surface area (Å²) in [5, 5.41) is 21.6. The number of aliphatic hydroxyl groups is 1. The van der Waals surface area contributed by atoms with E-state index < -0.39 is 0 Å². The molecule has 0 amide bonds. The van der Waals surface area contributed by atoms with Gasteiger partial charge in [-0.1, -0.05) is 12.8 Å². The Bertz CT molecular complexity index is 192. The van der Waals surface area contributed by atoms with Crippen molar-refractivity contribution in [3.05, 3.63) is 0 Å². The molecule has 0 aromatic heterocycles. The molecule has 1 aliphatic carbocycles. The second kappa shape index (κ2) is 4.59. The summed E-state index contributed by atoms with van der Waals surface area (Å²) in [6, 6.07) is 2.38. The molecule has 74 valence electrons. The number of hydrogen-bond acceptors (Lipinski definition) is 3. The Morgan fingerprint density at radius 3 is 2.62 bits per heavy atom. The monoisotopic (exact) mass is 182 g/mol. The van der Waals surface area contributed by atoms with Gasteiger partial charge in [0.1, 0.15) is 0 Å². The lowest BCUT2D eigenvalue weighted by atomic mass is 9.82. The van der Waals surface area contributed by atoms with E-state index in [-0.39, 0.29) is 11.5 Å². The molecule has 0 bridgehead atoms. The van der Waals surface area contributed by atoms with Gasteiger partial charge in [0.05, 0.1) is 17.6 Å². The Kier molecular flexibility index (Phi) is 3.71. The van der Waals surface area contributed by atoms with Gasteiger partial charge in [0, 0.05) is 6.54 Å². The van der Waals surface area contributed by atoms with Crippen molar-refractivity contribution in [2.45, 2.75) is 38.2 Å². The first-order valence-corrected chi connectivity index (χ1v) is 4.96. The zero-order valence-corrected chi connectivity index (χ0v) is 8.21. The largest absolute Gasteiger partial charge is 0.392 e. The van der Waals surface area contributed by atoms with Crippen LogP contribution in [0.25, 0.3) is 0 Å². The molecule has 0 heterocycles. The minimum atomic E-state index is -0.372. The van der Waals surface area contributed by atoms with Crippen LogP contribution in [0.5, 0.6) is 0 Å². The highest BCUT2D eigenvalue weighted by atomic mass is 16.3. The van der Waals surface area contributed by atoms with Crippen LogP contribution in [0.3, 0.4) is 0 Å². The molecule has 13 heavy (non-hydrogen) atoms. The van der Waals surface area contributed by atoms with E-state index in [2.05, 4.69) is 11.4 Å². The van der Waals surface area contributed by atoms with Gasteiger partial charge in [0.2, 0.25) is 0 Å². The van der Waals surface area contributed by atoms with Crippen LogP contribution in [0.2, 0.25) is 0 Å². The maximum Gasteiger partial charge on any atom is 0.0690 e. The molecule has 3 heteroatoms. The third-order valence-corrected chi connectivity index (χ3v) is 2.86. The van der Waals surface area contributed by atoms with Crippen molar-refractivity contribution in [1.29, 1.82) is 5.26 Å². The predicted molar refractivity (Wildman–Crippen MR) is 51.1 cm³/mol. The molecule has 0 saturated heterocycles. The summed E-state index contributed by atoms with van der Waals surface area (Å²) in [7, 11) is 1.82. The molecule has 1 aliphatic rings. The first-order chi connectivity index (χ1) is 6.22. The van der Waals surface area contributed by atoms with Gasteiger partial charge in [-0.05, 0) is 26.3 Å². The summed E-state index contributed by atoms with van der Waals surface area (Å²) < 4.78 is 0. The number of likely N-dealkylation sites (N-methyl/N-ethyl adjacent to an activating group) is 1. The van der Waals surface area contributed by atoms with Gasteiger partial charge >= 0.3 is 0 Å². The molecule has 0 radical (unpaired) electrons. The summed E-state index contributed by atoms with van der Waals surface area (Å²) in [6.07, 6.45) is 4.46. The van der Waals surface area contributed by atoms with Gasteiger partial charge in [0.15, 0.2) is 0 Å². The van der Waals surface area contributed by atoms with Crippen molar-refractivity contribution < 1.29 is 5.11 Å². The molecule has 0 aliphatic heterocycles. The molecule has 1 saturated carbocycles. The van der Waals surface area contributed by atoms with Crippen LogP contribution in [0.15, 0.2) is 0 Å². The van der Waals surface area contributed by atoms with Crippen LogP contribution in [-0.2, 0) is 0 Å². The Hall–Kier alpha value is -0.590. The predicted octanol–water partition coefficient (Wildman–Crippen LogP) is 1.04. The maximum atomic E-state index is 9.59. The lowest BCUT2D eigenvalue weighted by molar-refractivity contribution is 0.123. The summed E-state index contributed by atoms with van der Waals surface area (Å²) in [5.41, 5.74) is -0.226. The molecule has 0 aromatic carbocycles. The Morgan fingerprint density at radius 2 is 2.15 bits per heavy atom. The van der Waals surface area contributed by atoms with Crippen molar-refractivity contribution >= 4 is 0 Å². The quantitative estimate of drug-likeness (QED) is 0.683. The van der Waals surface area contributed by atoms with Crippen LogP contribution >= 0.6 is 0 Å². The van der Waals surface area contributed by atoms with Gasteiger partial charge in [-0.3, -0.25) is 0 Å². The SMILES string of the molecule is CNCC(O)CC1(C#N)CCCC1. The molecule has 1 unspecified atom stereocenters. The summed E-state index contributed by atoms with van der Waals surface area (Å²) in [5.74, 6) is 0. The van der Waals surface area contributed by atoms with Crippen molar-refractivity contribution in [2.75, 3.05) is 13.6 Å². The topological polar surface area (TPSA) is 56.0 Å². The second-order valence-electron chi connectivity index (χ2n) is 4.01. The smallest absolute Gasteiger partial charge is 0.0690 e. The van der Waals surface area contributed by atoms with Gasteiger partial charge in [0.25, 0.3) is 0 Å². The average Bonchev–Trinajstić information content (AvgIpc) is 2.54. The maximum absolute atomic E-state index is 9.59. The Morgan fingerprint density at radius 1 is 1.54 bits per heavy atom. The van der Waals surface area contributed by atoms with Crippen LogP contribution < -0.4 is 5.32 Å². The van der Waals surface area contributed by atoms with E-state index in [0.29, 0.717) is 13.0 Å². The molecular formula is C10H18N2O. The van der Waals surface area contributed by atoms with Crippen molar-refractivity contribution in [3.8, 4) is 6.07 Å². The number of nitrogens with zero attached hydrogens (tertiary/aromatic N) is 1. The lowest BCUT2D eigenvalue weighted by Crippen LogP contribution is -2.29. The highest BCUT2D eigenvalue weighted by Gasteiger charge is 2.35. The van der Waals surface area contributed by atoms with Gasteiger partial charge < -0.3 is 10.4 Å². The fraction of sp³-hybridized carbons (Fsp3) is 0.900. The fourth-order valence-corrected chi connectivity index (χ4v) is 2.17. The second-order valence-corrected chi connectivity index (χ2v) is 4.01. The highest BCUT2D eigenvalue weighted by molar-refractivity contribution is 5.02. The first-order valence-electron chi connectivity index (χ1n) is 4.96. The number of nitriles is 1. The van der Waals surface area contributed by atoms with E-state index in [1.54, 1.807) is 0 Å². The molecule has 1 fully saturated rings. The van der Waals surface area contributed by atoms with E-state index in [4.69, 9.17) is 5.26 Å². The third-order valence-electron chi connectivity index (χ3n) is 2.86. The molecule has 1 rings (SSSR count). The summed E-state index contributed by atoms with van der Waals surface area (Å²) in [6.45, 7) is 0.587. The Balaban J connectivity index is 2.44. The van der Waals surface area contributed by atoms with Crippen molar-refractivity contribution in [1.82, 2.24) is 5.32 Å². The number of rotatable bonds is 4. The minimum Gasteiger partial charge on any atom is -0.392 e. The standard InChI is InChI=1S/C10H18N2O/c1-12-7-9(13)6-10(8-11)4-2-3-5-10/h9,12-13H,2-7H2,1H3. The Labute approximate surface area is 79.8 Å². The number of aliphatic hydroxyl groups excluding tert-OH is 1. The van der Waals surface area contributed by atoms with E-state index in [9.17, 15) is 5.11 Å². The van der Waals surface area contributed by atoms with E-state index in [1.807, 2.05) is 7.05 Å². The molecule has 3 nitrogen and oxygen atoms in total. The van der Waals surface area contributed by atoms with Crippen LogP contribution in [0.1, 0.15) is 32.1 Å². The molecule has 0 spiro atoms. The van der Waals surface area contributed by atoms with Gasteiger partial charge in [-0.25, -0.2) is 0 Å². The minimum absolute atomic E-state index is 0.226. The molecule has 0 aromatic rings.